The Morgan fingerprint density at radius 1 is 1.18 bits per heavy atom. The van der Waals surface area contributed by atoms with E-state index in [1.165, 1.54) is 23.1 Å². The SMILES string of the molecule is CCC(=Cc1sc2ccc(Cl)cc2[n+]1CCCS(=O)(=O)[O-])C=C1Sc2ccc(Cl)cc2[N+]12CCC2S(=O)(=O)O. The molecular weight excluding hydrogens is 623 g/mol. The van der Waals surface area contributed by atoms with Gasteiger partial charge in [0.1, 0.15) is 4.70 Å². The highest BCUT2D eigenvalue weighted by Crippen LogP contribution is 2.58. The summed E-state index contributed by atoms with van der Waals surface area (Å²) in [7, 11) is -8.68. The largest absolute Gasteiger partial charge is 0.748 e. The second-order valence-corrected chi connectivity index (χ2v) is 15.5. The second-order valence-electron chi connectivity index (χ2n) is 9.44. The van der Waals surface area contributed by atoms with Gasteiger partial charge in [-0.25, -0.2) is 12.9 Å². The van der Waals surface area contributed by atoms with Gasteiger partial charge in [-0.05, 0) is 48.0 Å². The molecule has 0 bridgehead atoms. The van der Waals surface area contributed by atoms with Gasteiger partial charge >= 0.3 is 10.1 Å². The number of fused-ring (bicyclic) bond motifs is 3. The summed E-state index contributed by atoms with van der Waals surface area (Å²) >= 11 is 15.5. The van der Waals surface area contributed by atoms with Crippen LogP contribution in [0.4, 0.5) is 5.69 Å². The molecule has 14 heteroatoms. The molecule has 0 saturated carbocycles. The molecule has 1 spiro atoms. The molecule has 2 atom stereocenters. The summed E-state index contributed by atoms with van der Waals surface area (Å²) < 4.78 is 71.4. The van der Waals surface area contributed by atoms with Crippen LogP contribution in [0.1, 0.15) is 31.2 Å². The Balaban J connectivity index is 1.60. The molecule has 1 saturated heterocycles. The van der Waals surface area contributed by atoms with Crippen molar-refractivity contribution in [1.29, 1.82) is 0 Å². The van der Waals surface area contributed by atoms with E-state index in [2.05, 4.69) is 0 Å². The number of hydrogen-bond acceptors (Lipinski definition) is 7. The Hall–Kier alpha value is -1.48. The fourth-order valence-corrected chi connectivity index (χ4v) is 9.71. The van der Waals surface area contributed by atoms with Crippen molar-refractivity contribution in [1.82, 2.24) is 4.48 Å². The summed E-state index contributed by atoms with van der Waals surface area (Å²) in [4.78, 5) is 0.889. The molecule has 3 aromatic rings. The van der Waals surface area contributed by atoms with Crippen molar-refractivity contribution in [3.05, 3.63) is 68.1 Å². The van der Waals surface area contributed by atoms with Crippen LogP contribution in [0.3, 0.4) is 0 Å². The molecular formula is C25H25Cl2N2O6S4+. The number of allylic oxidation sites excluding steroid dienone is 2. The predicted molar refractivity (Wildman–Crippen MR) is 156 cm³/mol. The van der Waals surface area contributed by atoms with E-state index in [-0.39, 0.29) is 10.9 Å². The van der Waals surface area contributed by atoms with Gasteiger partial charge in [-0.2, -0.15) is 13.0 Å². The zero-order valence-electron chi connectivity index (χ0n) is 20.7. The van der Waals surface area contributed by atoms with Gasteiger partial charge in [-0.15, -0.1) is 0 Å². The highest BCUT2D eigenvalue weighted by molar-refractivity contribution is 8.03. The summed E-state index contributed by atoms with van der Waals surface area (Å²) in [6.45, 7) is 2.81. The second kappa shape index (κ2) is 10.7. The van der Waals surface area contributed by atoms with E-state index >= 15 is 0 Å². The third kappa shape index (κ3) is 5.68. The molecule has 1 fully saturated rings. The van der Waals surface area contributed by atoms with Crippen LogP contribution < -0.4 is 9.05 Å². The fraction of sp³-hybridized carbons (Fsp3) is 0.320. The van der Waals surface area contributed by atoms with Gasteiger partial charge in [-0.1, -0.05) is 41.5 Å². The Bertz CT molecular complexity index is 1750. The van der Waals surface area contributed by atoms with Crippen molar-refractivity contribution in [3.8, 4) is 0 Å². The van der Waals surface area contributed by atoms with Crippen molar-refractivity contribution in [3.63, 3.8) is 0 Å². The quantitative estimate of drug-likeness (QED) is 0.187. The van der Waals surface area contributed by atoms with E-state index in [4.69, 9.17) is 23.2 Å². The lowest BCUT2D eigenvalue weighted by Crippen LogP contribution is -2.66. The fourth-order valence-electron chi connectivity index (χ4n) is 5.12. The number of benzene rings is 2. The first-order chi connectivity index (χ1) is 18.3. The van der Waals surface area contributed by atoms with Crippen LogP contribution in [-0.2, 0) is 26.8 Å². The van der Waals surface area contributed by atoms with Gasteiger partial charge in [0.15, 0.2) is 17.3 Å². The molecule has 0 radical (unpaired) electrons. The number of hydrogen-bond donors (Lipinski definition) is 1. The maximum absolute atomic E-state index is 12.4. The summed E-state index contributed by atoms with van der Waals surface area (Å²) in [6.07, 6.45) is 5.07. The standard InChI is InChI=1S/C25H24Cl2N2O6S4/c1-2-16(12-23-28(9-3-11-38(30,31)32)19-14-17(26)4-6-21(19)36-23)13-24-29(10-8-25(29)39(33,34)35)20-15-18(27)5-7-22(20)37-24/h4-7,12-15,25H,2-3,8-11H2,1H3/p+1. The van der Waals surface area contributed by atoms with E-state index in [0.717, 1.165) is 36.4 Å². The maximum atomic E-state index is 12.4. The molecule has 2 aliphatic heterocycles. The number of halogens is 2. The first kappa shape index (κ1) is 29.0. The summed E-state index contributed by atoms with van der Waals surface area (Å²) in [5.74, 6) is -0.472. The third-order valence-corrected chi connectivity index (χ3v) is 11.9. The molecule has 2 aliphatic rings. The number of quaternary nitrogens is 1. The average Bonchev–Trinajstić information content (AvgIpc) is 3.31. The Labute approximate surface area is 245 Å². The van der Waals surface area contributed by atoms with Crippen LogP contribution in [0.2, 0.25) is 10.0 Å². The van der Waals surface area contributed by atoms with Gasteiger partial charge in [0, 0.05) is 46.5 Å². The molecule has 1 N–H and O–H groups in total. The summed E-state index contributed by atoms with van der Waals surface area (Å²) in [6, 6.07) is 10.9. The van der Waals surface area contributed by atoms with Crippen LogP contribution in [0.25, 0.3) is 16.3 Å². The van der Waals surface area contributed by atoms with Crippen LogP contribution in [0, 0.1) is 0 Å². The van der Waals surface area contributed by atoms with Gasteiger partial charge in [0.05, 0.1) is 28.0 Å². The van der Waals surface area contributed by atoms with E-state index in [1.54, 1.807) is 18.2 Å². The summed E-state index contributed by atoms with van der Waals surface area (Å²) in [5, 5.41) is 1.64. The van der Waals surface area contributed by atoms with Crippen molar-refractivity contribution >= 4 is 88.5 Å². The number of thioether (sulfide) groups is 1. The lowest BCUT2D eigenvalue weighted by atomic mass is 10.1. The molecule has 39 heavy (non-hydrogen) atoms. The van der Waals surface area contributed by atoms with Crippen LogP contribution in [0.5, 0.6) is 0 Å². The highest BCUT2D eigenvalue weighted by Gasteiger charge is 2.61. The van der Waals surface area contributed by atoms with Crippen molar-refractivity contribution in [2.45, 2.75) is 43.0 Å². The van der Waals surface area contributed by atoms with E-state index in [0.29, 0.717) is 36.0 Å². The zero-order valence-corrected chi connectivity index (χ0v) is 25.5. The number of rotatable bonds is 8. The molecule has 208 valence electrons. The lowest BCUT2D eigenvalue weighted by Gasteiger charge is -2.47. The highest BCUT2D eigenvalue weighted by atomic mass is 35.5. The maximum Gasteiger partial charge on any atom is 0.320 e. The minimum absolute atomic E-state index is 0.000116. The molecule has 8 nitrogen and oxygen atoms in total. The van der Waals surface area contributed by atoms with E-state index < -0.39 is 31.4 Å². The van der Waals surface area contributed by atoms with Crippen LogP contribution >= 0.6 is 46.3 Å². The van der Waals surface area contributed by atoms with Crippen LogP contribution in [-0.4, -0.2) is 43.6 Å². The smallest absolute Gasteiger partial charge is 0.320 e. The Morgan fingerprint density at radius 2 is 1.90 bits per heavy atom. The number of aryl methyl sites for hydroxylation is 1. The zero-order chi connectivity index (χ0) is 28.2. The number of thiazole rings is 1. The first-order valence-electron chi connectivity index (χ1n) is 12.1. The normalized spacial score (nSPS) is 22.5. The van der Waals surface area contributed by atoms with Gasteiger partial charge < -0.3 is 4.55 Å². The number of nitrogens with zero attached hydrogens (tertiary/aromatic N) is 2. The monoisotopic (exact) mass is 647 g/mol. The minimum Gasteiger partial charge on any atom is -0.748 e. The molecule has 2 aromatic carbocycles. The number of aromatic nitrogens is 1. The predicted octanol–water partition coefficient (Wildman–Crippen LogP) is 5.80. The molecule has 2 unspecified atom stereocenters. The molecule has 5 rings (SSSR count). The van der Waals surface area contributed by atoms with Gasteiger partial charge in [-0.3, -0.25) is 4.55 Å². The van der Waals surface area contributed by atoms with Crippen molar-refractivity contribution in [2.75, 3.05) is 12.3 Å². The van der Waals surface area contributed by atoms with E-state index in [1.807, 2.05) is 41.8 Å². The van der Waals surface area contributed by atoms with Crippen molar-refractivity contribution in [2.24, 2.45) is 0 Å². The minimum atomic E-state index is -4.35. The third-order valence-electron chi connectivity index (χ3n) is 7.02. The van der Waals surface area contributed by atoms with Crippen molar-refractivity contribution < 1.29 is 30.5 Å². The first-order valence-corrected chi connectivity index (χ1v) is 17.6. The van der Waals surface area contributed by atoms with Gasteiger partial charge in [0.25, 0.3) is 5.01 Å². The summed E-state index contributed by atoms with van der Waals surface area (Å²) in [5.41, 5.74) is 2.51. The Morgan fingerprint density at radius 3 is 2.54 bits per heavy atom. The lowest BCUT2D eigenvalue weighted by molar-refractivity contribution is -0.668. The van der Waals surface area contributed by atoms with Crippen LogP contribution in [0.15, 0.2) is 58.0 Å². The molecule has 1 aromatic heterocycles. The van der Waals surface area contributed by atoms with Gasteiger partial charge in [0.2, 0.25) is 10.9 Å². The Kier molecular flexibility index (Phi) is 7.99. The van der Waals surface area contributed by atoms with E-state index in [9.17, 15) is 25.9 Å². The molecule has 0 aliphatic carbocycles. The molecule has 3 heterocycles. The topological polar surface area (TPSA) is 115 Å². The molecule has 0 amide bonds. The average molecular weight is 649 g/mol.